The Balaban J connectivity index is 1.82. The number of hydrogen-bond donors (Lipinski definition) is 1. The molecule has 1 heterocycles. The lowest BCUT2D eigenvalue weighted by molar-refractivity contribution is -0.122. The van der Waals surface area contributed by atoms with Gasteiger partial charge in [0.15, 0.2) is 0 Å². The van der Waals surface area contributed by atoms with Gasteiger partial charge in [0.1, 0.15) is 0 Å². The van der Waals surface area contributed by atoms with E-state index in [0.29, 0.717) is 32.0 Å². The molecule has 1 saturated carbocycles. The molecule has 1 aliphatic heterocycles. The average Bonchev–Trinajstić information content (AvgIpc) is 2.48. The molecule has 0 bridgehead atoms. The maximum atomic E-state index is 12.7. The van der Waals surface area contributed by atoms with Gasteiger partial charge in [0.2, 0.25) is 15.9 Å². The highest BCUT2D eigenvalue weighted by Gasteiger charge is 2.28. The van der Waals surface area contributed by atoms with Gasteiger partial charge >= 0.3 is 0 Å². The van der Waals surface area contributed by atoms with Crippen LogP contribution in [0.25, 0.3) is 0 Å². The highest BCUT2D eigenvalue weighted by molar-refractivity contribution is 7.89. The first kappa shape index (κ1) is 16.4. The summed E-state index contributed by atoms with van der Waals surface area (Å²) in [5, 5.41) is 2.88. The number of nitrogens with one attached hydrogen (secondary N) is 1. The van der Waals surface area contributed by atoms with Crippen molar-refractivity contribution in [3.05, 3.63) is 23.8 Å². The largest absolute Gasteiger partial charge is 0.379 e. The van der Waals surface area contributed by atoms with Crippen LogP contribution in [0.5, 0.6) is 0 Å². The van der Waals surface area contributed by atoms with Crippen molar-refractivity contribution in [3.8, 4) is 0 Å². The van der Waals surface area contributed by atoms with Crippen LogP contribution >= 0.6 is 0 Å². The summed E-state index contributed by atoms with van der Waals surface area (Å²) >= 11 is 0. The minimum absolute atomic E-state index is 0.0136. The number of rotatable bonds is 4. The van der Waals surface area contributed by atoms with E-state index >= 15 is 0 Å². The van der Waals surface area contributed by atoms with E-state index in [1.807, 2.05) is 6.92 Å². The molecule has 1 saturated heterocycles. The Morgan fingerprint density at radius 1 is 1.26 bits per heavy atom. The van der Waals surface area contributed by atoms with Gasteiger partial charge in [0, 0.05) is 24.7 Å². The molecule has 7 heteroatoms. The lowest BCUT2D eigenvalue weighted by Crippen LogP contribution is -2.40. The monoisotopic (exact) mass is 338 g/mol. The van der Waals surface area contributed by atoms with Gasteiger partial charge in [-0.1, -0.05) is 12.5 Å². The molecule has 0 unspecified atom stereocenters. The normalized spacial score (nSPS) is 20.0. The van der Waals surface area contributed by atoms with Gasteiger partial charge in [-0.3, -0.25) is 4.79 Å². The maximum Gasteiger partial charge on any atom is 0.243 e. The molecule has 1 aliphatic carbocycles. The summed E-state index contributed by atoms with van der Waals surface area (Å²) in [6, 6.07) is 4.90. The Morgan fingerprint density at radius 3 is 2.57 bits per heavy atom. The number of nitrogens with zero attached hydrogens (tertiary/aromatic N) is 1. The maximum absolute atomic E-state index is 12.7. The van der Waals surface area contributed by atoms with Crippen LogP contribution in [-0.4, -0.2) is 44.9 Å². The zero-order valence-corrected chi connectivity index (χ0v) is 14.1. The SMILES string of the molecule is Cc1ccc(S(=O)(=O)N2CCOCC2)cc1NC(=O)C1CCC1. The Morgan fingerprint density at radius 2 is 1.96 bits per heavy atom. The van der Waals surface area contributed by atoms with E-state index in [-0.39, 0.29) is 16.7 Å². The van der Waals surface area contributed by atoms with Crippen LogP contribution in [0.3, 0.4) is 0 Å². The van der Waals surface area contributed by atoms with Crippen molar-refractivity contribution < 1.29 is 17.9 Å². The van der Waals surface area contributed by atoms with Crippen LogP contribution in [0, 0.1) is 12.8 Å². The molecule has 0 aromatic heterocycles. The van der Waals surface area contributed by atoms with Crippen molar-refractivity contribution >= 4 is 21.6 Å². The first-order chi connectivity index (χ1) is 11.0. The number of ether oxygens (including phenoxy) is 1. The number of carbonyl (C=O) groups excluding carboxylic acids is 1. The third-order valence-corrected chi connectivity index (χ3v) is 6.45. The van der Waals surface area contributed by atoms with E-state index in [1.165, 1.54) is 4.31 Å². The van der Waals surface area contributed by atoms with E-state index in [1.54, 1.807) is 18.2 Å². The number of amides is 1. The summed E-state index contributed by atoms with van der Waals surface area (Å²) < 4.78 is 32.0. The molecule has 3 rings (SSSR count). The summed E-state index contributed by atoms with van der Waals surface area (Å²) in [6.07, 6.45) is 2.91. The zero-order chi connectivity index (χ0) is 16.4. The molecular weight excluding hydrogens is 316 g/mol. The molecule has 126 valence electrons. The van der Waals surface area contributed by atoms with Gasteiger partial charge in [-0.2, -0.15) is 4.31 Å². The number of carbonyl (C=O) groups is 1. The molecular formula is C16H22N2O4S. The zero-order valence-electron chi connectivity index (χ0n) is 13.2. The Hall–Kier alpha value is -1.44. The van der Waals surface area contributed by atoms with Crippen molar-refractivity contribution in [1.29, 1.82) is 0 Å². The molecule has 1 N–H and O–H groups in total. The molecule has 1 aromatic carbocycles. The van der Waals surface area contributed by atoms with Crippen LogP contribution in [0.15, 0.2) is 23.1 Å². The summed E-state index contributed by atoms with van der Waals surface area (Å²) in [4.78, 5) is 12.3. The molecule has 1 aromatic rings. The number of hydrogen-bond acceptors (Lipinski definition) is 4. The topological polar surface area (TPSA) is 75.7 Å². The van der Waals surface area contributed by atoms with Gasteiger partial charge < -0.3 is 10.1 Å². The summed E-state index contributed by atoms with van der Waals surface area (Å²) in [5.74, 6) is 0.0502. The fraction of sp³-hybridized carbons (Fsp3) is 0.562. The first-order valence-electron chi connectivity index (χ1n) is 7.98. The van der Waals surface area contributed by atoms with Crippen LogP contribution in [0.1, 0.15) is 24.8 Å². The minimum atomic E-state index is -3.55. The summed E-state index contributed by atoms with van der Waals surface area (Å²) in [7, 11) is -3.55. The molecule has 23 heavy (non-hydrogen) atoms. The number of anilines is 1. The highest BCUT2D eigenvalue weighted by Crippen LogP contribution is 2.29. The smallest absolute Gasteiger partial charge is 0.243 e. The Labute approximate surface area is 136 Å². The highest BCUT2D eigenvalue weighted by atomic mass is 32.2. The number of morpholine rings is 1. The van der Waals surface area contributed by atoms with Crippen LogP contribution in [0.4, 0.5) is 5.69 Å². The van der Waals surface area contributed by atoms with E-state index in [9.17, 15) is 13.2 Å². The Bertz CT molecular complexity index is 692. The minimum Gasteiger partial charge on any atom is -0.379 e. The van der Waals surface area contributed by atoms with Crippen molar-refractivity contribution in [2.24, 2.45) is 5.92 Å². The molecule has 0 radical (unpaired) electrons. The molecule has 0 spiro atoms. The van der Waals surface area contributed by atoms with Crippen LogP contribution in [-0.2, 0) is 19.6 Å². The number of sulfonamides is 1. The number of aryl methyl sites for hydroxylation is 1. The van der Waals surface area contributed by atoms with Crippen molar-refractivity contribution in [1.82, 2.24) is 4.31 Å². The molecule has 2 aliphatic rings. The van der Waals surface area contributed by atoms with Crippen molar-refractivity contribution in [3.63, 3.8) is 0 Å². The third-order valence-electron chi connectivity index (χ3n) is 4.55. The molecule has 0 atom stereocenters. The standard InChI is InChI=1S/C16H22N2O4S/c1-12-5-6-14(23(20,21)18-7-9-22-10-8-18)11-15(12)17-16(19)13-3-2-4-13/h5-6,11,13H,2-4,7-10H2,1H3,(H,17,19). The summed E-state index contributed by atoms with van der Waals surface area (Å²) in [5.41, 5.74) is 1.44. The molecule has 2 fully saturated rings. The van der Waals surface area contributed by atoms with E-state index in [0.717, 1.165) is 24.8 Å². The van der Waals surface area contributed by atoms with Crippen LogP contribution in [0.2, 0.25) is 0 Å². The van der Waals surface area contributed by atoms with E-state index in [4.69, 9.17) is 4.74 Å². The lowest BCUT2D eigenvalue weighted by Gasteiger charge is -2.27. The fourth-order valence-corrected chi connectivity index (χ4v) is 4.17. The predicted octanol–water partition coefficient (Wildman–Crippen LogP) is 1.75. The lowest BCUT2D eigenvalue weighted by atomic mass is 9.85. The van der Waals surface area contributed by atoms with Gasteiger partial charge in [-0.15, -0.1) is 0 Å². The second-order valence-corrected chi connectivity index (χ2v) is 8.05. The quantitative estimate of drug-likeness (QED) is 0.907. The second kappa shape index (κ2) is 6.59. The van der Waals surface area contributed by atoms with Crippen molar-refractivity contribution in [2.45, 2.75) is 31.1 Å². The van der Waals surface area contributed by atoms with E-state index in [2.05, 4.69) is 5.32 Å². The first-order valence-corrected chi connectivity index (χ1v) is 9.42. The van der Waals surface area contributed by atoms with Crippen LogP contribution < -0.4 is 5.32 Å². The Kier molecular flexibility index (Phi) is 4.70. The molecule has 6 nitrogen and oxygen atoms in total. The molecule has 1 amide bonds. The summed E-state index contributed by atoms with van der Waals surface area (Å²) in [6.45, 7) is 3.41. The van der Waals surface area contributed by atoms with E-state index < -0.39 is 10.0 Å². The average molecular weight is 338 g/mol. The second-order valence-electron chi connectivity index (χ2n) is 6.11. The third kappa shape index (κ3) is 3.41. The van der Waals surface area contributed by atoms with Gasteiger partial charge in [0.05, 0.1) is 18.1 Å². The van der Waals surface area contributed by atoms with Gasteiger partial charge in [0.25, 0.3) is 0 Å². The fourth-order valence-electron chi connectivity index (χ4n) is 2.74. The van der Waals surface area contributed by atoms with Crippen molar-refractivity contribution in [2.75, 3.05) is 31.6 Å². The van der Waals surface area contributed by atoms with Gasteiger partial charge in [-0.05, 0) is 37.5 Å². The van der Waals surface area contributed by atoms with Gasteiger partial charge in [-0.25, -0.2) is 8.42 Å². The number of benzene rings is 1. The predicted molar refractivity (Wildman–Crippen MR) is 86.7 cm³/mol.